The number of likely N-dealkylation sites (tertiary alicyclic amines) is 1. The minimum absolute atomic E-state index is 0.114. The summed E-state index contributed by atoms with van der Waals surface area (Å²) < 4.78 is 21.0. The molecular formula is C20H21FN4O2. The van der Waals surface area contributed by atoms with E-state index in [1.807, 2.05) is 6.07 Å². The molecule has 6 nitrogen and oxygen atoms in total. The van der Waals surface area contributed by atoms with Gasteiger partial charge >= 0.3 is 0 Å². The second-order valence-electron chi connectivity index (χ2n) is 6.84. The van der Waals surface area contributed by atoms with Crippen molar-refractivity contribution in [2.24, 2.45) is 7.05 Å². The third kappa shape index (κ3) is 3.63. The number of nitrogens with zero attached hydrogens (tertiary/aromatic N) is 4. The van der Waals surface area contributed by atoms with Crippen molar-refractivity contribution in [1.82, 2.24) is 19.4 Å². The van der Waals surface area contributed by atoms with E-state index in [4.69, 9.17) is 4.42 Å². The van der Waals surface area contributed by atoms with Crippen LogP contribution in [-0.4, -0.2) is 31.9 Å². The Labute approximate surface area is 156 Å². The Bertz CT molecular complexity index is 949. The first kappa shape index (κ1) is 17.5. The van der Waals surface area contributed by atoms with Crippen molar-refractivity contribution >= 4 is 5.91 Å². The monoisotopic (exact) mass is 368 g/mol. The summed E-state index contributed by atoms with van der Waals surface area (Å²) in [6, 6.07) is 6.22. The Morgan fingerprint density at radius 1 is 1.33 bits per heavy atom. The summed E-state index contributed by atoms with van der Waals surface area (Å²) in [5.74, 6) is 1.21. The van der Waals surface area contributed by atoms with Gasteiger partial charge in [-0.3, -0.25) is 4.79 Å². The Morgan fingerprint density at radius 2 is 2.22 bits per heavy atom. The van der Waals surface area contributed by atoms with Crippen LogP contribution >= 0.6 is 0 Å². The minimum atomic E-state index is -0.272. The molecular weight excluding hydrogens is 347 g/mol. The molecule has 27 heavy (non-hydrogen) atoms. The predicted molar refractivity (Wildman–Crippen MR) is 96.5 cm³/mol. The maximum Gasteiger partial charge on any atom is 0.290 e. The van der Waals surface area contributed by atoms with Crippen molar-refractivity contribution < 1.29 is 13.6 Å². The number of carbonyl (C=O) groups is 1. The summed E-state index contributed by atoms with van der Waals surface area (Å²) in [4.78, 5) is 23.3. The van der Waals surface area contributed by atoms with Crippen LogP contribution < -0.4 is 0 Å². The van der Waals surface area contributed by atoms with E-state index in [0.717, 1.165) is 24.8 Å². The molecule has 3 heterocycles. The molecule has 1 atom stereocenters. The second-order valence-corrected chi connectivity index (χ2v) is 6.84. The Kier molecular flexibility index (Phi) is 4.75. The van der Waals surface area contributed by atoms with Gasteiger partial charge < -0.3 is 13.9 Å². The number of aryl methyl sites for hydroxylation is 1. The van der Waals surface area contributed by atoms with Crippen molar-refractivity contribution in [2.75, 3.05) is 6.54 Å². The van der Waals surface area contributed by atoms with Crippen LogP contribution in [0.1, 0.15) is 53.1 Å². The van der Waals surface area contributed by atoms with Gasteiger partial charge in [-0.15, -0.1) is 0 Å². The van der Waals surface area contributed by atoms with Crippen molar-refractivity contribution in [3.05, 3.63) is 71.7 Å². The molecule has 1 saturated heterocycles. The van der Waals surface area contributed by atoms with E-state index in [1.165, 1.54) is 12.1 Å². The van der Waals surface area contributed by atoms with Crippen molar-refractivity contribution in [1.29, 1.82) is 0 Å². The van der Waals surface area contributed by atoms with Crippen LogP contribution in [0.4, 0.5) is 4.39 Å². The summed E-state index contributed by atoms with van der Waals surface area (Å²) in [6.07, 6.45) is 8.27. The van der Waals surface area contributed by atoms with Crippen LogP contribution in [0.5, 0.6) is 0 Å². The summed E-state index contributed by atoms with van der Waals surface area (Å²) in [5, 5.41) is 0. The highest BCUT2D eigenvalue weighted by Crippen LogP contribution is 2.32. The maximum atomic E-state index is 13.4. The van der Waals surface area contributed by atoms with Gasteiger partial charge in [0.1, 0.15) is 17.6 Å². The number of halogens is 1. The molecule has 0 saturated carbocycles. The summed E-state index contributed by atoms with van der Waals surface area (Å²) in [6.45, 7) is 0.651. The van der Waals surface area contributed by atoms with Gasteiger partial charge in [-0.2, -0.15) is 0 Å². The zero-order valence-electron chi connectivity index (χ0n) is 15.1. The van der Waals surface area contributed by atoms with Crippen LogP contribution in [0.25, 0.3) is 0 Å². The third-order valence-electron chi connectivity index (χ3n) is 4.90. The summed E-state index contributed by atoms with van der Waals surface area (Å²) >= 11 is 0. The molecule has 7 heteroatoms. The average molecular weight is 368 g/mol. The molecule has 3 aromatic rings. The number of carbonyl (C=O) groups excluding carboxylic acids is 1. The number of amides is 1. The highest BCUT2D eigenvalue weighted by Gasteiger charge is 2.33. The predicted octanol–water partition coefficient (Wildman–Crippen LogP) is 3.51. The zero-order chi connectivity index (χ0) is 18.8. The Hall–Kier alpha value is -2.96. The van der Waals surface area contributed by atoms with E-state index in [9.17, 15) is 9.18 Å². The fourth-order valence-electron chi connectivity index (χ4n) is 3.54. The fourth-order valence-corrected chi connectivity index (χ4v) is 3.54. The zero-order valence-corrected chi connectivity index (χ0v) is 15.1. The molecule has 0 radical (unpaired) electrons. The first-order valence-corrected chi connectivity index (χ1v) is 9.09. The van der Waals surface area contributed by atoms with Crippen LogP contribution in [0.3, 0.4) is 0 Å². The Balaban J connectivity index is 1.55. The van der Waals surface area contributed by atoms with E-state index in [2.05, 4.69) is 9.97 Å². The molecule has 1 aromatic carbocycles. The third-order valence-corrected chi connectivity index (χ3v) is 4.90. The number of oxazole rings is 1. The summed E-state index contributed by atoms with van der Waals surface area (Å²) in [7, 11) is 1.81. The van der Waals surface area contributed by atoms with Crippen LogP contribution in [0.2, 0.25) is 0 Å². The van der Waals surface area contributed by atoms with Gasteiger partial charge in [-0.1, -0.05) is 12.1 Å². The van der Waals surface area contributed by atoms with Crippen LogP contribution in [0, 0.1) is 5.82 Å². The SMILES string of the molecule is Cn1ccnc1C(=O)N1CCCC[C@@H]1c1ncc(Cc2cccc(F)c2)o1. The fraction of sp³-hybridized carbons (Fsp3) is 0.350. The molecule has 1 aliphatic rings. The second kappa shape index (κ2) is 7.34. The lowest BCUT2D eigenvalue weighted by Crippen LogP contribution is -2.39. The lowest BCUT2D eigenvalue weighted by molar-refractivity contribution is 0.0554. The molecule has 4 rings (SSSR count). The van der Waals surface area contributed by atoms with E-state index < -0.39 is 0 Å². The molecule has 1 amide bonds. The van der Waals surface area contributed by atoms with Crippen LogP contribution in [0.15, 0.2) is 47.3 Å². The Morgan fingerprint density at radius 3 is 3.00 bits per heavy atom. The number of hydrogen-bond donors (Lipinski definition) is 0. The van der Waals surface area contributed by atoms with Gasteiger partial charge in [0.2, 0.25) is 5.89 Å². The maximum absolute atomic E-state index is 13.4. The van der Waals surface area contributed by atoms with E-state index in [-0.39, 0.29) is 17.8 Å². The van der Waals surface area contributed by atoms with Gasteiger partial charge in [-0.05, 0) is 37.0 Å². The van der Waals surface area contributed by atoms with Gasteiger partial charge in [0.25, 0.3) is 5.91 Å². The quantitative estimate of drug-likeness (QED) is 0.707. The minimum Gasteiger partial charge on any atom is -0.443 e. The van der Waals surface area contributed by atoms with Crippen LogP contribution in [-0.2, 0) is 13.5 Å². The molecule has 0 spiro atoms. The highest BCUT2D eigenvalue weighted by molar-refractivity contribution is 5.91. The van der Waals surface area contributed by atoms with E-state index >= 15 is 0 Å². The lowest BCUT2D eigenvalue weighted by Gasteiger charge is -2.33. The lowest BCUT2D eigenvalue weighted by atomic mass is 10.0. The van der Waals surface area contributed by atoms with Gasteiger partial charge in [0.15, 0.2) is 5.82 Å². The molecule has 0 bridgehead atoms. The highest BCUT2D eigenvalue weighted by atomic mass is 19.1. The van der Waals surface area contributed by atoms with E-state index in [1.54, 1.807) is 41.2 Å². The summed E-state index contributed by atoms with van der Waals surface area (Å²) in [5.41, 5.74) is 0.822. The number of piperidine rings is 1. The molecule has 140 valence electrons. The number of aromatic nitrogens is 3. The normalized spacial score (nSPS) is 17.3. The molecule has 1 aliphatic heterocycles. The molecule has 1 fully saturated rings. The first-order chi connectivity index (χ1) is 13.1. The van der Waals surface area contributed by atoms with Gasteiger partial charge in [0.05, 0.1) is 6.20 Å². The van der Waals surface area contributed by atoms with Crippen molar-refractivity contribution in [3.63, 3.8) is 0 Å². The smallest absolute Gasteiger partial charge is 0.290 e. The average Bonchev–Trinajstić information content (AvgIpc) is 3.30. The largest absolute Gasteiger partial charge is 0.443 e. The van der Waals surface area contributed by atoms with E-state index in [0.29, 0.717) is 30.4 Å². The number of benzene rings is 1. The molecule has 0 unspecified atom stereocenters. The standard InChI is InChI=1S/C20H21FN4O2/c1-24-10-8-22-18(24)20(26)25-9-3-2-7-17(25)19-23-13-16(27-19)12-14-5-4-6-15(21)11-14/h4-6,8,10-11,13,17H,2-3,7,9,12H2,1H3/t17-/m1/s1. The number of hydrogen-bond acceptors (Lipinski definition) is 4. The molecule has 0 N–H and O–H groups in total. The van der Waals surface area contributed by atoms with Crippen molar-refractivity contribution in [2.45, 2.75) is 31.7 Å². The van der Waals surface area contributed by atoms with Gasteiger partial charge in [0, 0.05) is 32.4 Å². The topological polar surface area (TPSA) is 64.2 Å². The molecule has 0 aliphatic carbocycles. The molecule has 2 aromatic heterocycles. The number of imidazole rings is 1. The van der Waals surface area contributed by atoms with Crippen molar-refractivity contribution in [3.8, 4) is 0 Å². The number of rotatable bonds is 4. The first-order valence-electron chi connectivity index (χ1n) is 9.09. The van der Waals surface area contributed by atoms with Gasteiger partial charge in [-0.25, -0.2) is 14.4 Å².